The second-order valence-corrected chi connectivity index (χ2v) is 10.3. The van der Waals surface area contributed by atoms with E-state index < -0.39 is 10.0 Å². The van der Waals surface area contributed by atoms with Crippen molar-refractivity contribution < 1.29 is 13.2 Å². The van der Waals surface area contributed by atoms with Crippen molar-refractivity contribution in [2.24, 2.45) is 0 Å². The monoisotopic (exact) mass is 511 g/mol. The van der Waals surface area contributed by atoms with Gasteiger partial charge in [0.1, 0.15) is 11.6 Å². The topological polar surface area (TPSA) is 99.0 Å². The highest BCUT2D eigenvalue weighted by Crippen LogP contribution is 2.26. The SMILES string of the molecule is Cc1cc(C)n(-c2cc(Oc3ccc(NS(=O)(=O)c4ccc(-c5ccccc5)cc4)cc3)nc(C)n2)n1. The van der Waals surface area contributed by atoms with Crippen LogP contribution in [0.1, 0.15) is 17.2 Å². The van der Waals surface area contributed by atoms with Crippen molar-refractivity contribution in [3.63, 3.8) is 0 Å². The highest BCUT2D eigenvalue weighted by Gasteiger charge is 2.15. The van der Waals surface area contributed by atoms with Crippen LogP contribution in [0, 0.1) is 20.8 Å². The first-order chi connectivity index (χ1) is 17.8. The Morgan fingerprint density at radius 2 is 1.46 bits per heavy atom. The van der Waals surface area contributed by atoms with Crippen molar-refractivity contribution in [2.45, 2.75) is 25.7 Å². The molecular weight excluding hydrogens is 486 g/mol. The summed E-state index contributed by atoms with van der Waals surface area (Å²) in [7, 11) is -3.75. The summed E-state index contributed by atoms with van der Waals surface area (Å²) >= 11 is 0. The highest BCUT2D eigenvalue weighted by molar-refractivity contribution is 7.92. The van der Waals surface area contributed by atoms with Crippen LogP contribution in [0.4, 0.5) is 5.69 Å². The van der Waals surface area contributed by atoms with E-state index >= 15 is 0 Å². The molecule has 5 aromatic rings. The van der Waals surface area contributed by atoms with Gasteiger partial charge in [-0.2, -0.15) is 10.1 Å². The summed E-state index contributed by atoms with van der Waals surface area (Å²) in [5.41, 5.74) is 4.23. The van der Waals surface area contributed by atoms with Gasteiger partial charge >= 0.3 is 0 Å². The average Bonchev–Trinajstić information content (AvgIpc) is 3.23. The van der Waals surface area contributed by atoms with Crippen molar-refractivity contribution in [1.82, 2.24) is 19.7 Å². The number of rotatable bonds is 7. The summed E-state index contributed by atoms with van der Waals surface area (Å²) in [6.07, 6.45) is 0. The summed E-state index contributed by atoms with van der Waals surface area (Å²) in [5.74, 6) is 2.02. The molecule has 1 N–H and O–H groups in total. The van der Waals surface area contributed by atoms with E-state index in [1.54, 1.807) is 66.2 Å². The molecule has 37 heavy (non-hydrogen) atoms. The molecule has 0 radical (unpaired) electrons. The zero-order valence-corrected chi connectivity index (χ0v) is 21.4. The second kappa shape index (κ2) is 9.87. The van der Waals surface area contributed by atoms with Crippen molar-refractivity contribution in [1.29, 1.82) is 0 Å². The van der Waals surface area contributed by atoms with E-state index in [4.69, 9.17) is 4.74 Å². The maximum atomic E-state index is 12.9. The van der Waals surface area contributed by atoms with Gasteiger partial charge in [0.05, 0.1) is 10.6 Å². The fourth-order valence-electron chi connectivity index (χ4n) is 3.93. The van der Waals surface area contributed by atoms with Crippen LogP contribution in [0.15, 0.2) is 95.9 Å². The number of anilines is 1. The van der Waals surface area contributed by atoms with Crippen LogP contribution in [-0.2, 0) is 10.0 Å². The van der Waals surface area contributed by atoms with Crippen molar-refractivity contribution in [2.75, 3.05) is 4.72 Å². The molecule has 0 atom stereocenters. The van der Waals surface area contributed by atoms with Crippen LogP contribution in [0.25, 0.3) is 16.9 Å². The van der Waals surface area contributed by atoms with Gasteiger partial charge < -0.3 is 4.74 Å². The number of hydrogen-bond donors (Lipinski definition) is 1. The van der Waals surface area contributed by atoms with Gasteiger partial charge in [-0.25, -0.2) is 18.1 Å². The fraction of sp³-hybridized carbons (Fsp3) is 0.107. The maximum Gasteiger partial charge on any atom is 0.261 e. The molecule has 2 aromatic heterocycles. The van der Waals surface area contributed by atoms with Crippen LogP contribution in [0.3, 0.4) is 0 Å². The maximum absolute atomic E-state index is 12.9. The molecule has 0 fully saturated rings. The zero-order valence-electron chi connectivity index (χ0n) is 20.6. The Hall–Kier alpha value is -4.50. The number of aryl methyl sites for hydroxylation is 3. The minimum Gasteiger partial charge on any atom is -0.439 e. The van der Waals surface area contributed by atoms with Crippen LogP contribution in [-0.4, -0.2) is 28.2 Å². The molecular formula is C28H25N5O3S. The number of hydrogen-bond acceptors (Lipinski definition) is 6. The van der Waals surface area contributed by atoms with Gasteiger partial charge in [0.15, 0.2) is 5.82 Å². The Morgan fingerprint density at radius 1 is 0.784 bits per heavy atom. The van der Waals surface area contributed by atoms with Crippen LogP contribution in [0.5, 0.6) is 11.6 Å². The fourth-order valence-corrected chi connectivity index (χ4v) is 4.99. The van der Waals surface area contributed by atoms with E-state index in [1.165, 1.54) is 0 Å². The van der Waals surface area contributed by atoms with E-state index in [9.17, 15) is 8.42 Å². The highest BCUT2D eigenvalue weighted by atomic mass is 32.2. The Labute approximate surface area is 215 Å². The second-order valence-electron chi connectivity index (χ2n) is 8.57. The first-order valence-corrected chi connectivity index (χ1v) is 13.1. The lowest BCUT2D eigenvalue weighted by atomic mass is 10.1. The molecule has 8 nitrogen and oxygen atoms in total. The third-order valence-corrected chi connectivity index (χ3v) is 7.03. The molecule has 186 valence electrons. The van der Waals surface area contributed by atoms with E-state index in [0.29, 0.717) is 29.0 Å². The minimum absolute atomic E-state index is 0.181. The van der Waals surface area contributed by atoms with Gasteiger partial charge in [-0.3, -0.25) is 4.72 Å². The van der Waals surface area contributed by atoms with Gasteiger partial charge in [-0.1, -0.05) is 42.5 Å². The molecule has 0 aliphatic carbocycles. The normalized spacial score (nSPS) is 11.3. The Balaban J connectivity index is 1.29. The van der Waals surface area contributed by atoms with Crippen molar-refractivity contribution in [3.05, 3.63) is 108 Å². The number of ether oxygens (including phenoxy) is 1. The first-order valence-electron chi connectivity index (χ1n) is 11.6. The lowest BCUT2D eigenvalue weighted by molar-refractivity contribution is 0.459. The van der Waals surface area contributed by atoms with Crippen LogP contribution < -0.4 is 9.46 Å². The summed E-state index contributed by atoms with van der Waals surface area (Å²) in [5, 5.41) is 4.47. The molecule has 0 amide bonds. The molecule has 0 saturated carbocycles. The molecule has 0 aliphatic heterocycles. The third-order valence-electron chi connectivity index (χ3n) is 5.63. The summed E-state index contributed by atoms with van der Waals surface area (Å²) in [6, 6.07) is 26.9. The predicted octanol–water partition coefficient (Wildman–Crippen LogP) is 5.85. The van der Waals surface area contributed by atoms with Gasteiger partial charge in [-0.15, -0.1) is 0 Å². The molecule has 2 heterocycles. The molecule has 0 spiro atoms. The number of sulfonamides is 1. The van der Waals surface area contributed by atoms with Crippen molar-refractivity contribution in [3.8, 4) is 28.6 Å². The van der Waals surface area contributed by atoms with E-state index in [2.05, 4.69) is 19.8 Å². The number of aromatic nitrogens is 4. The minimum atomic E-state index is -3.75. The predicted molar refractivity (Wildman–Crippen MR) is 143 cm³/mol. The van der Waals surface area contributed by atoms with E-state index in [1.807, 2.05) is 50.2 Å². The summed E-state index contributed by atoms with van der Waals surface area (Å²) < 4.78 is 36.1. The molecule has 0 unspecified atom stereocenters. The first kappa shape index (κ1) is 24.2. The zero-order chi connectivity index (χ0) is 26.0. The number of nitrogens with one attached hydrogen (secondary N) is 1. The van der Waals surface area contributed by atoms with E-state index in [0.717, 1.165) is 22.5 Å². The lowest BCUT2D eigenvalue weighted by Crippen LogP contribution is -2.12. The smallest absolute Gasteiger partial charge is 0.261 e. The van der Waals surface area contributed by atoms with Gasteiger partial charge in [0, 0.05) is 17.4 Å². The molecule has 9 heteroatoms. The van der Waals surface area contributed by atoms with Crippen LogP contribution in [0.2, 0.25) is 0 Å². The Bertz CT molecular complexity index is 1650. The summed E-state index contributed by atoms with van der Waals surface area (Å²) in [6.45, 7) is 5.66. The lowest BCUT2D eigenvalue weighted by Gasteiger charge is -2.11. The largest absolute Gasteiger partial charge is 0.439 e. The van der Waals surface area contributed by atoms with Crippen molar-refractivity contribution >= 4 is 15.7 Å². The Kier molecular flexibility index (Phi) is 6.45. The van der Waals surface area contributed by atoms with Crippen LogP contribution >= 0.6 is 0 Å². The summed E-state index contributed by atoms with van der Waals surface area (Å²) in [4.78, 5) is 9.00. The van der Waals surface area contributed by atoms with Gasteiger partial charge in [-0.05, 0) is 74.4 Å². The average molecular weight is 512 g/mol. The van der Waals surface area contributed by atoms with Gasteiger partial charge in [0.25, 0.3) is 10.0 Å². The molecule has 0 bridgehead atoms. The molecule has 3 aromatic carbocycles. The molecule has 5 rings (SSSR count). The third kappa shape index (κ3) is 5.52. The Morgan fingerprint density at radius 3 is 2.11 bits per heavy atom. The molecule has 0 aliphatic rings. The quantitative estimate of drug-likeness (QED) is 0.294. The number of nitrogens with zero attached hydrogens (tertiary/aromatic N) is 4. The number of benzene rings is 3. The molecule has 0 saturated heterocycles. The van der Waals surface area contributed by atoms with E-state index in [-0.39, 0.29) is 4.90 Å². The van der Waals surface area contributed by atoms with Gasteiger partial charge in [0.2, 0.25) is 5.88 Å². The standard InChI is InChI=1S/C28H25N5O3S/c1-19-17-20(2)33(31-19)27-18-28(30-21(3)29-27)36-25-13-11-24(12-14-25)32-37(34,35)26-15-9-23(10-16-26)22-7-5-4-6-8-22/h4-18,32H,1-3H3.